The number of nitrogens with zero attached hydrogens (tertiary/aromatic N) is 2. The van der Waals surface area contributed by atoms with Gasteiger partial charge in [-0.25, -0.2) is 14.8 Å². The third kappa shape index (κ3) is 3.99. The highest BCUT2D eigenvalue weighted by Crippen LogP contribution is 2.33. The monoisotopic (exact) mass is 375 g/mol. The lowest BCUT2D eigenvalue weighted by molar-refractivity contribution is -0.137. The molecule has 5 nitrogen and oxygen atoms in total. The van der Waals surface area contributed by atoms with Gasteiger partial charge >= 0.3 is 12.1 Å². The van der Waals surface area contributed by atoms with Crippen molar-refractivity contribution in [1.29, 1.82) is 0 Å². The van der Waals surface area contributed by atoms with E-state index in [1.165, 1.54) is 18.3 Å². The number of anilines is 2. The van der Waals surface area contributed by atoms with Crippen molar-refractivity contribution in [2.24, 2.45) is 0 Å². The molecular weight excluding hydrogens is 359 g/mol. The molecule has 8 heteroatoms. The van der Waals surface area contributed by atoms with Gasteiger partial charge in [-0.2, -0.15) is 13.2 Å². The number of carbonyl (C=O) groups is 1. The van der Waals surface area contributed by atoms with Crippen molar-refractivity contribution in [3.63, 3.8) is 0 Å². The molecule has 0 unspecified atom stereocenters. The van der Waals surface area contributed by atoms with Crippen molar-refractivity contribution >= 4 is 28.4 Å². The summed E-state index contributed by atoms with van der Waals surface area (Å²) in [5, 5.41) is 3.41. The third-order valence-corrected chi connectivity index (χ3v) is 3.82. The van der Waals surface area contributed by atoms with E-state index in [4.69, 9.17) is 4.74 Å². The molecule has 2 heterocycles. The third-order valence-electron chi connectivity index (χ3n) is 3.82. The number of nitrogens with one attached hydrogen (secondary N) is 1. The van der Waals surface area contributed by atoms with Crippen molar-refractivity contribution < 1.29 is 22.7 Å². The van der Waals surface area contributed by atoms with Gasteiger partial charge in [0, 0.05) is 23.0 Å². The van der Waals surface area contributed by atoms with E-state index >= 15 is 0 Å². The lowest BCUT2D eigenvalue weighted by Gasteiger charge is -2.15. The minimum atomic E-state index is -4.47. The van der Waals surface area contributed by atoms with Crippen molar-refractivity contribution in [3.05, 3.63) is 59.4 Å². The summed E-state index contributed by atoms with van der Waals surface area (Å²) in [7, 11) is 0. The number of fused-ring (bicyclic) bond motifs is 1. The van der Waals surface area contributed by atoms with Crippen LogP contribution in [0, 0.1) is 6.92 Å². The molecule has 2 aromatic heterocycles. The van der Waals surface area contributed by atoms with Gasteiger partial charge in [0.2, 0.25) is 0 Å². The van der Waals surface area contributed by atoms with Gasteiger partial charge in [-0.3, -0.25) is 0 Å². The largest absolute Gasteiger partial charge is 0.462 e. The maximum Gasteiger partial charge on any atom is 0.416 e. The van der Waals surface area contributed by atoms with Crippen molar-refractivity contribution in [2.75, 3.05) is 11.9 Å². The summed E-state index contributed by atoms with van der Waals surface area (Å²) < 4.78 is 44.0. The number of rotatable bonds is 4. The number of halogens is 3. The highest BCUT2D eigenvalue weighted by Gasteiger charge is 2.30. The van der Waals surface area contributed by atoms with E-state index in [9.17, 15) is 18.0 Å². The first kappa shape index (κ1) is 18.6. The van der Waals surface area contributed by atoms with Crippen LogP contribution in [0.3, 0.4) is 0 Å². The molecule has 0 amide bonds. The van der Waals surface area contributed by atoms with Crippen LogP contribution < -0.4 is 5.32 Å². The molecule has 0 saturated heterocycles. The molecule has 3 aromatic rings. The molecule has 0 aliphatic heterocycles. The van der Waals surface area contributed by atoms with Crippen LogP contribution in [0.5, 0.6) is 0 Å². The second kappa shape index (κ2) is 7.22. The van der Waals surface area contributed by atoms with E-state index < -0.39 is 17.7 Å². The Bertz CT molecular complexity index is 1000. The fourth-order valence-corrected chi connectivity index (χ4v) is 2.59. The Hall–Kier alpha value is -3.16. The molecule has 3 rings (SSSR count). The van der Waals surface area contributed by atoms with E-state index in [0.717, 1.165) is 17.8 Å². The SMILES string of the molecule is CCOC(=O)c1cnc2nc(C)ccc2c1Nc1cccc(C(F)(F)F)c1. The smallest absolute Gasteiger partial charge is 0.416 e. The topological polar surface area (TPSA) is 64.1 Å². The molecular formula is C19H16F3N3O2. The van der Waals surface area contributed by atoms with E-state index in [-0.39, 0.29) is 17.9 Å². The minimum absolute atomic E-state index is 0.118. The van der Waals surface area contributed by atoms with Gasteiger partial charge in [0.05, 0.1) is 17.9 Å². The molecule has 1 aromatic carbocycles. The van der Waals surface area contributed by atoms with Gasteiger partial charge in [0.25, 0.3) is 0 Å². The van der Waals surface area contributed by atoms with Gasteiger partial charge in [-0.15, -0.1) is 0 Å². The maximum atomic E-state index is 13.0. The average Bonchev–Trinajstić information content (AvgIpc) is 2.61. The Balaban J connectivity index is 2.13. The summed E-state index contributed by atoms with van der Waals surface area (Å²) in [4.78, 5) is 20.8. The van der Waals surface area contributed by atoms with E-state index in [1.807, 2.05) is 0 Å². The molecule has 0 fully saturated rings. The Morgan fingerprint density at radius 1 is 1.22 bits per heavy atom. The number of benzene rings is 1. The fraction of sp³-hybridized carbons (Fsp3) is 0.211. The van der Waals surface area contributed by atoms with Gasteiger partial charge in [0.1, 0.15) is 5.56 Å². The van der Waals surface area contributed by atoms with Crippen LogP contribution in [0.4, 0.5) is 24.5 Å². The van der Waals surface area contributed by atoms with E-state index in [1.54, 1.807) is 26.0 Å². The van der Waals surface area contributed by atoms with Crippen LogP contribution in [0.2, 0.25) is 0 Å². The summed E-state index contributed by atoms with van der Waals surface area (Å²) in [6, 6.07) is 8.18. The molecule has 0 radical (unpaired) electrons. The van der Waals surface area contributed by atoms with Crippen LogP contribution in [-0.2, 0) is 10.9 Å². The summed E-state index contributed by atoms with van der Waals surface area (Å²) >= 11 is 0. The zero-order chi connectivity index (χ0) is 19.6. The molecule has 0 bridgehead atoms. The Morgan fingerprint density at radius 2 is 2.00 bits per heavy atom. The summed E-state index contributed by atoms with van der Waals surface area (Å²) in [5.41, 5.74) is 0.903. The van der Waals surface area contributed by atoms with Crippen LogP contribution in [-0.4, -0.2) is 22.5 Å². The Kier molecular flexibility index (Phi) is 4.98. The molecule has 140 valence electrons. The number of carbonyl (C=O) groups excluding carboxylic acids is 1. The van der Waals surface area contributed by atoms with Gasteiger partial charge in [-0.1, -0.05) is 6.07 Å². The first-order valence-corrected chi connectivity index (χ1v) is 8.17. The van der Waals surface area contributed by atoms with Crippen LogP contribution in [0.25, 0.3) is 11.0 Å². The molecule has 0 spiro atoms. The van der Waals surface area contributed by atoms with E-state index in [0.29, 0.717) is 16.7 Å². The van der Waals surface area contributed by atoms with E-state index in [2.05, 4.69) is 15.3 Å². The second-order valence-corrected chi connectivity index (χ2v) is 5.79. The van der Waals surface area contributed by atoms with Crippen LogP contribution in [0.1, 0.15) is 28.5 Å². The second-order valence-electron chi connectivity index (χ2n) is 5.79. The highest BCUT2D eigenvalue weighted by atomic mass is 19.4. The molecule has 1 N–H and O–H groups in total. The first-order valence-electron chi connectivity index (χ1n) is 8.17. The predicted molar refractivity (Wildman–Crippen MR) is 95.0 cm³/mol. The van der Waals surface area contributed by atoms with Crippen molar-refractivity contribution in [2.45, 2.75) is 20.0 Å². The highest BCUT2D eigenvalue weighted by molar-refractivity contribution is 6.05. The molecule has 0 saturated carbocycles. The predicted octanol–water partition coefficient (Wildman–Crippen LogP) is 4.88. The first-order chi connectivity index (χ1) is 12.8. The Labute approximate surface area is 153 Å². The number of hydrogen-bond donors (Lipinski definition) is 1. The van der Waals surface area contributed by atoms with Crippen LogP contribution >= 0.6 is 0 Å². The average molecular weight is 375 g/mol. The van der Waals surface area contributed by atoms with Crippen molar-refractivity contribution in [1.82, 2.24) is 9.97 Å². The summed E-state index contributed by atoms with van der Waals surface area (Å²) in [6.07, 6.45) is -3.16. The quantitative estimate of drug-likeness (QED) is 0.659. The van der Waals surface area contributed by atoms with Gasteiger partial charge in [-0.05, 0) is 44.2 Å². The number of aryl methyl sites for hydroxylation is 1. The number of aromatic nitrogens is 2. The van der Waals surface area contributed by atoms with Crippen LogP contribution in [0.15, 0.2) is 42.6 Å². The standard InChI is InChI=1S/C19H16F3N3O2/c1-3-27-18(26)15-10-23-17-14(8-7-11(2)24-17)16(15)25-13-6-4-5-12(9-13)19(20,21)22/h4-10H,3H2,1-2H3,(H,23,24,25). The van der Waals surface area contributed by atoms with Gasteiger partial charge in [0.15, 0.2) is 5.65 Å². The zero-order valence-corrected chi connectivity index (χ0v) is 14.6. The number of esters is 1. The lowest BCUT2D eigenvalue weighted by atomic mass is 10.1. The molecule has 27 heavy (non-hydrogen) atoms. The lowest BCUT2D eigenvalue weighted by Crippen LogP contribution is -2.10. The fourth-order valence-electron chi connectivity index (χ4n) is 2.59. The number of hydrogen-bond acceptors (Lipinski definition) is 5. The molecule has 0 atom stereocenters. The normalized spacial score (nSPS) is 11.4. The molecule has 0 aliphatic rings. The van der Waals surface area contributed by atoms with Crippen molar-refractivity contribution in [3.8, 4) is 0 Å². The number of alkyl halides is 3. The maximum absolute atomic E-state index is 13.0. The van der Waals surface area contributed by atoms with Gasteiger partial charge < -0.3 is 10.1 Å². The summed E-state index contributed by atoms with van der Waals surface area (Å²) in [5.74, 6) is -0.623. The number of pyridine rings is 2. The summed E-state index contributed by atoms with van der Waals surface area (Å²) in [6.45, 7) is 3.61. The minimum Gasteiger partial charge on any atom is -0.462 e. The Morgan fingerprint density at radius 3 is 2.70 bits per heavy atom. The number of ether oxygens (including phenoxy) is 1. The molecule has 0 aliphatic carbocycles. The zero-order valence-electron chi connectivity index (χ0n) is 14.6.